The number of rotatable bonds is 8. The van der Waals surface area contributed by atoms with Crippen molar-refractivity contribution in [3.05, 3.63) is 29.8 Å². The van der Waals surface area contributed by atoms with Gasteiger partial charge >= 0.3 is 0 Å². The monoisotopic (exact) mass is 530 g/mol. The zero-order chi connectivity index (χ0) is 20.5. The highest BCUT2D eigenvalue weighted by Gasteiger charge is 2.18. The molecule has 170 valence electrons. The normalized spacial score (nSPS) is 21.2. The molecule has 0 aromatic heterocycles. The van der Waals surface area contributed by atoms with E-state index in [9.17, 15) is 0 Å². The van der Waals surface area contributed by atoms with Gasteiger partial charge in [0.2, 0.25) is 0 Å². The average molecular weight is 530 g/mol. The summed E-state index contributed by atoms with van der Waals surface area (Å²) in [5, 5.41) is 6.77. The van der Waals surface area contributed by atoms with E-state index < -0.39 is 0 Å². The number of nitrogens with one attached hydrogen (secondary N) is 2. The van der Waals surface area contributed by atoms with Gasteiger partial charge in [-0.2, -0.15) is 0 Å². The first-order chi connectivity index (χ1) is 14.1. The van der Waals surface area contributed by atoms with Crippen molar-refractivity contribution in [3.8, 4) is 0 Å². The van der Waals surface area contributed by atoms with E-state index in [2.05, 4.69) is 60.6 Å². The van der Waals surface area contributed by atoms with Crippen LogP contribution in [0, 0.1) is 5.92 Å². The van der Waals surface area contributed by atoms with E-state index in [-0.39, 0.29) is 36.1 Å². The van der Waals surface area contributed by atoms with Crippen LogP contribution in [0.25, 0.3) is 0 Å². The number of anilines is 1. The molecule has 2 atom stereocenters. The molecule has 3 rings (SSSR count). The Labute approximate surface area is 199 Å². The van der Waals surface area contributed by atoms with Crippen LogP contribution in [-0.4, -0.2) is 57.6 Å². The predicted octanol–water partition coefficient (Wildman–Crippen LogP) is 3.79. The molecule has 2 fully saturated rings. The summed E-state index contributed by atoms with van der Waals surface area (Å²) in [7, 11) is 0. The molecule has 2 saturated heterocycles. The van der Waals surface area contributed by atoms with Crippen LogP contribution in [0.5, 0.6) is 0 Å². The van der Waals surface area contributed by atoms with E-state index in [1.165, 1.54) is 37.2 Å². The van der Waals surface area contributed by atoms with Gasteiger partial charge in [-0.1, -0.05) is 19.1 Å². The van der Waals surface area contributed by atoms with Crippen LogP contribution in [0.1, 0.15) is 45.6 Å². The van der Waals surface area contributed by atoms with Crippen molar-refractivity contribution >= 4 is 35.6 Å². The highest BCUT2D eigenvalue weighted by atomic mass is 127. The maximum Gasteiger partial charge on any atom is 0.191 e. The molecule has 2 aliphatic heterocycles. The molecule has 2 N–H and O–H groups in total. The molecule has 30 heavy (non-hydrogen) atoms. The lowest BCUT2D eigenvalue weighted by molar-refractivity contribution is 0.0347. The Morgan fingerprint density at radius 2 is 1.97 bits per heavy atom. The molecule has 0 spiro atoms. The number of halogens is 1. The molecule has 1 aromatic rings. The van der Waals surface area contributed by atoms with Crippen molar-refractivity contribution in [3.63, 3.8) is 0 Å². The van der Waals surface area contributed by atoms with Gasteiger partial charge < -0.3 is 25.0 Å². The predicted molar refractivity (Wildman–Crippen MR) is 135 cm³/mol. The summed E-state index contributed by atoms with van der Waals surface area (Å²) in [5.74, 6) is 1.69. The largest absolute Gasteiger partial charge is 0.379 e. The van der Waals surface area contributed by atoms with Gasteiger partial charge in [-0.05, 0) is 56.7 Å². The summed E-state index contributed by atoms with van der Waals surface area (Å²) in [6.45, 7) is 12.6. The van der Waals surface area contributed by atoms with E-state index >= 15 is 0 Å². The van der Waals surface area contributed by atoms with E-state index in [4.69, 9.17) is 14.5 Å². The lowest BCUT2D eigenvalue weighted by atomic mass is 9.99. The first-order valence-electron chi connectivity index (χ1n) is 11.2. The Morgan fingerprint density at radius 1 is 1.23 bits per heavy atom. The minimum Gasteiger partial charge on any atom is -0.379 e. The van der Waals surface area contributed by atoms with Crippen molar-refractivity contribution < 1.29 is 9.47 Å². The summed E-state index contributed by atoms with van der Waals surface area (Å²) >= 11 is 0. The molecule has 0 saturated carbocycles. The van der Waals surface area contributed by atoms with E-state index in [0.29, 0.717) is 19.8 Å². The zero-order valence-corrected chi connectivity index (χ0v) is 21.1. The van der Waals surface area contributed by atoms with E-state index in [0.717, 1.165) is 31.4 Å². The van der Waals surface area contributed by atoms with Crippen LogP contribution >= 0.6 is 24.0 Å². The number of benzene rings is 1. The first kappa shape index (κ1) is 25.2. The molecular weight excluding hydrogens is 491 g/mol. The molecule has 2 heterocycles. The van der Waals surface area contributed by atoms with Crippen molar-refractivity contribution in [1.29, 1.82) is 0 Å². The van der Waals surface area contributed by atoms with Crippen molar-refractivity contribution in [2.24, 2.45) is 10.9 Å². The lowest BCUT2D eigenvalue weighted by Crippen LogP contribution is -2.44. The van der Waals surface area contributed by atoms with E-state index in [1.54, 1.807) is 0 Å². The number of hydrogen-bond donors (Lipinski definition) is 2. The minimum atomic E-state index is 0. The smallest absolute Gasteiger partial charge is 0.191 e. The molecule has 0 amide bonds. The maximum atomic E-state index is 5.91. The summed E-state index contributed by atoms with van der Waals surface area (Å²) in [5.41, 5.74) is 2.56. The van der Waals surface area contributed by atoms with Gasteiger partial charge in [-0.15, -0.1) is 24.0 Å². The average Bonchev–Trinajstić information content (AvgIpc) is 3.25. The zero-order valence-electron chi connectivity index (χ0n) is 18.7. The van der Waals surface area contributed by atoms with Gasteiger partial charge in [0.15, 0.2) is 5.96 Å². The third kappa shape index (κ3) is 8.23. The van der Waals surface area contributed by atoms with Gasteiger partial charge in [0.05, 0.1) is 25.9 Å². The number of nitrogens with zero attached hydrogens (tertiary/aromatic N) is 2. The molecule has 1 aromatic carbocycles. The summed E-state index contributed by atoms with van der Waals surface area (Å²) in [4.78, 5) is 7.25. The van der Waals surface area contributed by atoms with Crippen LogP contribution in [0.2, 0.25) is 0 Å². The van der Waals surface area contributed by atoms with Crippen molar-refractivity contribution in [1.82, 2.24) is 10.6 Å². The number of hydrogen-bond acceptors (Lipinski definition) is 4. The highest BCUT2D eigenvalue weighted by Crippen LogP contribution is 2.23. The maximum absolute atomic E-state index is 5.91. The third-order valence-corrected chi connectivity index (χ3v) is 5.70. The molecule has 0 bridgehead atoms. The number of guanidine groups is 1. The van der Waals surface area contributed by atoms with Crippen LogP contribution in [0.4, 0.5) is 5.69 Å². The Hall–Kier alpha value is -1.06. The molecule has 0 radical (unpaired) electrons. The van der Waals surface area contributed by atoms with Gasteiger partial charge in [0.25, 0.3) is 0 Å². The van der Waals surface area contributed by atoms with Crippen LogP contribution in [0.15, 0.2) is 29.3 Å². The second-order valence-corrected chi connectivity index (χ2v) is 8.40. The Balaban J connectivity index is 0.00000320. The fourth-order valence-corrected chi connectivity index (χ4v) is 3.77. The Kier molecular flexibility index (Phi) is 11.2. The molecule has 7 heteroatoms. The molecule has 0 aliphatic carbocycles. The standard InChI is InChI=1S/C23H38N4O2.HI/c1-4-24-23(26-19(3)16-29-22-11-14-28-17-22)25-15-20-5-7-21(8-6-20)27-12-9-18(2)10-13-27;/h5-8,18-19,22H,4,9-17H2,1-3H3,(H2,24,25,26);1H. The van der Waals surface area contributed by atoms with Crippen molar-refractivity contribution in [2.45, 2.75) is 58.7 Å². The topological polar surface area (TPSA) is 58.1 Å². The van der Waals surface area contributed by atoms with Crippen molar-refractivity contribution in [2.75, 3.05) is 44.4 Å². The van der Waals surface area contributed by atoms with Gasteiger partial charge in [-0.25, -0.2) is 4.99 Å². The molecule has 2 aliphatic rings. The Bertz CT molecular complexity index is 627. The summed E-state index contributed by atoms with van der Waals surface area (Å²) < 4.78 is 11.3. The third-order valence-electron chi connectivity index (χ3n) is 5.70. The number of ether oxygens (including phenoxy) is 2. The summed E-state index contributed by atoms with van der Waals surface area (Å²) in [6.07, 6.45) is 3.81. The SMILES string of the molecule is CCNC(=NCc1ccc(N2CCC(C)CC2)cc1)NC(C)COC1CCOC1.I. The quantitative estimate of drug-likeness (QED) is 0.305. The van der Waals surface area contributed by atoms with Crippen LogP contribution in [-0.2, 0) is 16.0 Å². The Morgan fingerprint density at radius 3 is 2.60 bits per heavy atom. The number of piperidine rings is 1. The summed E-state index contributed by atoms with van der Waals surface area (Å²) in [6, 6.07) is 9.07. The van der Waals surface area contributed by atoms with Gasteiger partial charge in [0.1, 0.15) is 0 Å². The lowest BCUT2D eigenvalue weighted by Gasteiger charge is -2.32. The second kappa shape index (κ2) is 13.4. The number of aliphatic imine (C=N–C) groups is 1. The van der Waals surface area contributed by atoms with Crippen LogP contribution in [0.3, 0.4) is 0 Å². The fourth-order valence-electron chi connectivity index (χ4n) is 3.77. The highest BCUT2D eigenvalue weighted by molar-refractivity contribution is 14.0. The molecule has 6 nitrogen and oxygen atoms in total. The molecule has 2 unspecified atom stereocenters. The fraction of sp³-hybridized carbons (Fsp3) is 0.696. The van der Waals surface area contributed by atoms with Gasteiger partial charge in [0, 0.05) is 38.0 Å². The van der Waals surface area contributed by atoms with Crippen LogP contribution < -0.4 is 15.5 Å². The minimum absolute atomic E-state index is 0. The second-order valence-electron chi connectivity index (χ2n) is 8.40. The van der Waals surface area contributed by atoms with Gasteiger partial charge in [-0.3, -0.25) is 0 Å². The van der Waals surface area contributed by atoms with E-state index in [1.807, 2.05) is 0 Å². The first-order valence-corrected chi connectivity index (χ1v) is 11.2. The molecular formula is C23H39IN4O2.